The van der Waals surface area contributed by atoms with Gasteiger partial charge in [-0.05, 0) is 36.8 Å². The van der Waals surface area contributed by atoms with Crippen molar-refractivity contribution in [2.24, 2.45) is 0 Å². The number of aryl methyl sites for hydroxylation is 1. The summed E-state index contributed by atoms with van der Waals surface area (Å²) in [4.78, 5) is 27.6. The van der Waals surface area contributed by atoms with Crippen molar-refractivity contribution >= 4 is 11.8 Å². The Labute approximate surface area is 173 Å². The molecule has 0 radical (unpaired) electrons. The van der Waals surface area contributed by atoms with Gasteiger partial charge >= 0.3 is 6.18 Å². The van der Waals surface area contributed by atoms with Crippen molar-refractivity contribution in [2.75, 3.05) is 32.7 Å². The summed E-state index contributed by atoms with van der Waals surface area (Å²) in [5.74, 6) is -0.758. The first kappa shape index (κ1) is 21.8. The molecular weight excluding hydrogens is 395 g/mol. The van der Waals surface area contributed by atoms with E-state index in [4.69, 9.17) is 0 Å². The molecule has 1 fully saturated rings. The fourth-order valence-corrected chi connectivity index (χ4v) is 3.51. The van der Waals surface area contributed by atoms with E-state index in [9.17, 15) is 22.8 Å². The number of amides is 2. The second-order valence-corrected chi connectivity index (χ2v) is 7.49. The number of carbonyl (C=O) groups excluding carboxylic acids is 2. The summed E-state index contributed by atoms with van der Waals surface area (Å²) >= 11 is 0. The molecule has 0 bridgehead atoms. The van der Waals surface area contributed by atoms with Gasteiger partial charge in [0, 0.05) is 11.1 Å². The third kappa shape index (κ3) is 5.60. The van der Waals surface area contributed by atoms with E-state index in [1.807, 2.05) is 12.1 Å². The maximum atomic E-state index is 12.6. The van der Waals surface area contributed by atoms with Gasteiger partial charge in [0.25, 0.3) is 5.91 Å². The number of hydrogen-bond donors (Lipinski definition) is 2. The summed E-state index contributed by atoms with van der Waals surface area (Å²) in [7, 11) is 0. The Hall–Kier alpha value is -2.87. The van der Waals surface area contributed by atoms with E-state index in [0.29, 0.717) is 13.1 Å². The van der Waals surface area contributed by atoms with E-state index in [-0.39, 0.29) is 18.0 Å². The summed E-state index contributed by atoms with van der Waals surface area (Å²) < 4.78 is 37.8. The number of hydrogen-bond acceptors (Lipinski definition) is 2. The van der Waals surface area contributed by atoms with E-state index in [1.54, 1.807) is 4.90 Å². The van der Waals surface area contributed by atoms with Gasteiger partial charge in [0.1, 0.15) is 6.54 Å². The molecule has 2 aromatic rings. The molecule has 5 nitrogen and oxygen atoms in total. The Kier molecular flexibility index (Phi) is 6.77. The third-order valence-electron chi connectivity index (χ3n) is 5.40. The largest absolute Gasteiger partial charge is 0.416 e. The standard InChI is InChI=1S/C22H24F3N3O2/c1-16-4-2-3-5-18(16)15-27-10-12-28(13-11-27)20(29)14-26-21(30)17-6-8-19(9-7-17)22(23,24)25/h2-9H,10-15H2,1H3,(H,26,30)/p+1. The van der Waals surface area contributed by atoms with Crippen molar-refractivity contribution in [3.05, 3.63) is 70.8 Å². The molecule has 0 aliphatic carbocycles. The van der Waals surface area contributed by atoms with Crippen LogP contribution in [0.4, 0.5) is 13.2 Å². The Morgan fingerprint density at radius 1 is 1.03 bits per heavy atom. The predicted molar refractivity (Wildman–Crippen MR) is 106 cm³/mol. The minimum absolute atomic E-state index is 0.0864. The number of nitrogens with zero attached hydrogens (tertiary/aromatic N) is 1. The second-order valence-electron chi connectivity index (χ2n) is 7.49. The number of benzene rings is 2. The van der Waals surface area contributed by atoms with Crippen LogP contribution in [0.1, 0.15) is 27.0 Å². The minimum Gasteiger partial charge on any atom is -0.343 e. The topological polar surface area (TPSA) is 53.9 Å². The van der Waals surface area contributed by atoms with Crippen LogP contribution in [-0.2, 0) is 17.5 Å². The Morgan fingerprint density at radius 3 is 2.27 bits per heavy atom. The first-order valence-electron chi connectivity index (χ1n) is 9.85. The quantitative estimate of drug-likeness (QED) is 0.773. The molecule has 2 N–H and O–H groups in total. The normalized spacial score (nSPS) is 15.1. The summed E-state index contributed by atoms with van der Waals surface area (Å²) in [5, 5.41) is 2.49. The highest BCUT2D eigenvalue weighted by Gasteiger charge is 2.30. The Morgan fingerprint density at radius 2 is 1.67 bits per heavy atom. The van der Waals surface area contributed by atoms with E-state index in [2.05, 4.69) is 24.4 Å². The molecule has 1 aliphatic heterocycles. The maximum Gasteiger partial charge on any atom is 0.416 e. The van der Waals surface area contributed by atoms with Crippen LogP contribution >= 0.6 is 0 Å². The zero-order valence-electron chi connectivity index (χ0n) is 16.8. The number of carbonyl (C=O) groups is 2. The van der Waals surface area contributed by atoms with Crippen molar-refractivity contribution in [3.63, 3.8) is 0 Å². The summed E-state index contributed by atoms with van der Waals surface area (Å²) in [6.45, 7) is 5.70. The molecule has 0 unspecified atom stereocenters. The Balaban J connectivity index is 1.44. The van der Waals surface area contributed by atoms with Crippen LogP contribution in [0.3, 0.4) is 0 Å². The molecule has 1 saturated heterocycles. The molecule has 30 heavy (non-hydrogen) atoms. The highest BCUT2D eigenvalue weighted by Crippen LogP contribution is 2.29. The molecule has 0 spiro atoms. The van der Waals surface area contributed by atoms with Crippen LogP contribution in [0.15, 0.2) is 48.5 Å². The van der Waals surface area contributed by atoms with Gasteiger partial charge < -0.3 is 15.1 Å². The van der Waals surface area contributed by atoms with Gasteiger partial charge in [-0.15, -0.1) is 0 Å². The SMILES string of the molecule is Cc1ccccc1C[NH+]1CCN(C(=O)CNC(=O)c2ccc(C(F)(F)F)cc2)CC1. The number of halogens is 3. The Bertz CT molecular complexity index is 889. The van der Waals surface area contributed by atoms with E-state index >= 15 is 0 Å². The van der Waals surface area contributed by atoms with E-state index in [1.165, 1.54) is 16.0 Å². The molecule has 1 aliphatic rings. The van der Waals surface area contributed by atoms with Crippen LogP contribution in [0, 0.1) is 6.92 Å². The lowest BCUT2D eigenvalue weighted by molar-refractivity contribution is -0.917. The number of piperazine rings is 1. The smallest absolute Gasteiger partial charge is 0.343 e. The van der Waals surface area contributed by atoms with E-state index in [0.717, 1.165) is 43.9 Å². The highest BCUT2D eigenvalue weighted by atomic mass is 19.4. The van der Waals surface area contributed by atoms with Crippen molar-refractivity contribution in [3.8, 4) is 0 Å². The third-order valence-corrected chi connectivity index (χ3v) is 5.40. The summed E-state index contributed by atoms with van der Waals surface area (Å²) in [5.41, 5.74) is 1.83. The minimum atomic E-state index is -4.45. The number of rotatable bonds is 5. The van der Waals surface area contributed by atoms with Crippen molar-refractivity contribution in [1.29, 1.82) is 0 Å². The second kappa shape index (κ2) is 9.30. The average Bonchev–Trinajstić information content (AvgIpc) is 2.73. The lowest BCUT2D eigenvalue weighted by atomic mass is 10.1. The molecule has 3 rings (SSSR count). The molecule has 2 aromatic carbocycles. The van der Waals surface area contributed by atoms with Gasteiger partial charge in [0.15, 0.2) is 0 Å². The van der Waals surface area contributed by atoms with Gasteiger partial charge in [0.05, 0.1) is 38.3 Å². The van der Waals surface area contributed by atoms with Crippen LogP contribution < -0.4 is 10.2 Å². The van der Waals surface area contributed by atoms with Crippen LogP contribution in [0.5, 0.6) is 0 Å². The number of alkyl halides is 3. The molecule has 1 heterocycles. The van der Waals surface area contributed by atoms with Crippen molar-refractivity contribution < 1.29 is 27.7 Å². The molecular formula is C22H25F3N3O2+. The van der Waals surface area contributed by atoms with Gasteiger partial charge in [0.2, 0.25) is 5.91 Å². The lowest BCUT2D eigenvalue weighted by Gasteiger charge is -2.32. The highest BCUT2D eigenvalue weighted by molar-refractivity contribution is 5.96. The molecule has 0 aromatic heterocycles. The fraction of sp³-hybridized carbons (Fsp3) is 0.364. The van der Waals surface area contributed by atoms with Crippen LogP contribution in [0.2, 0.25) is 0 Å². The molecule has 0 atom stereocenters. The van der Waals surface area contributed by atoms with Crippen molar-refractivity contribution in [2.45, 2.75) is 19.6 Å². The van der Waals surface area contributed by atoms with Gasteiger partial charge in [-0.3, -0.25) is 9.59 Å². The molecule has 8 heteroatoms. The van der Waals surface area contributed by atoms with Crippen molar-refractivity contribution in [1.82, 2.24) is 10.2 Å². The molecule has 2 amide bonds. The first-order chi connectivity index (χ1) is 14.2. The summed E-state index contributed by atoms with van der Waals surface area (Å²) in [6.07, 6.45) is -4.45. The number of quaternary nitrogens is 1. The van der Waals surface area contributed by atoms with Gasteiger partial charge in [-0.25, -0.2) is 0 Å². The predicted octanol–water partition coefficient (Wildman–Crippen LogP) is 1.67. The van der Waals surface area contributed by atoms with Crippen LogP contribution in [-0.4, -0.2) is 49.4 Å². The average molecular weight is 420 g/mol. The van der Waals surface area contributed by atoms with Gasteiger partial charge in [-0.1, -0.05) is 24.3 Å². The lowest BCUT2D eigenvalue weighted by Crippen LogP contribution is -3.13. The van der Waals surface area contributed by atoms with Crippen LogP contribution in [0.25, 0.3) is 0 Å². The monoisotopic (exact) mass is 420 g/mol. The fourth-order valence-electron chi connectivity index (χ4n) is 3.51. The summed E-state index contributed by atoms with van der Waals surface area (Å²) in [6, 6.07) is 12.2. The van der Waals surface area contributed by atoms with Gasteiger partial charge in [-0.2, -0.15) is 13.2 Å². The first-order valence-corrected chi connectivity index (χ1v) is 9.85. The zero-order chi connectivity index (χ0) is 21.7. The maximum absolute atomic E-state index is 12.6. The molecule has 160 valence electrons. The zero-order valence-corrected chi connectivity index (χ0v) is 16.8. The van der Waals surface area contributed by atoms with E-state index < -0.39 is 17.6 Å². The number of nitrogens with one attached hydrogen (secondary N) is 2. The molecule has 0 saturated carbocycles.